The van der Waals surface area contributed by atoms with Gasteiger partial charge >= 0.3 is 0 Å². The van der Waals surface area contributed by atoms with Gasteiger partial charge in [0, 0.05) is 13.9 Å². The van der Waals surface area contributed by atoms with E-state index in [9.17, 15) is 8.42 Å². The van der Waals surface area contributed by atoms with Crippen molar-refractivity contribution in [1.29, 1.82) is 0 Å². The molecule has 137 valence electrons. The number of hydrogen-bond donors (Lipinski definition) is 2. The molecule has 0 unspecified atom stereocenters. The first-order valence-electron chi connectivity index (χ1n) is 7.88. The third kappa shape index (κ3) is 4.20. The molecule has 1 radical (unpaired) electrons. The fourth-order valence-corrected chi connectivity index (χ4v) is 3.01. The number of pyridine rings is 1. The van der Waals surface area contributed by atoms with Crippen molar-refractivity contribution in [2.45, 2.75) is 11.4 Å². The summed E-state index contributed by atoms with van der Waals surface area (Å²) in [5.74, 6) is 1.04. The summed E-state index contributed by atoms with van der Waals surface area (Å²) in [7, 11) is -1.67. The fourth-order valence-electron chi connectivity index (χ4n) is 2.38. The van der Waals surface area contributed by atoms with Crippen molar-refractivity contribution in [3.8, 4) is 0 Å². The monoisotopic (exact) mass is 373 g/mol. The minimum atomic E-state index is -3.23. The first-order valence-corrected chi connectivity index (χ1v) is 9.77. The quantitative estimate of drug-likeness (QED) is 0.803. The highest BCUT2D eigenvalue weighted by Gasteiger charge is 2.17. The van der Waals surface area contributed by atoms with E-state index in [0.717, 1.165) is 11.3 Å². The lowest BCUT2D eigenvalue weighted by atomic mass is 10.1. The topological polar surface area (TPSA) is 92.7 Å². The fraction of sp³-hybridized carbons (Fsp3) is 0.167. The molecule has 1 aliphatic rings. The molecule has 0 saturated carbocycles. The van der Waals surface area contributed by atoms with Crippen molar-refractivity contribution in [2.24, 2.45) is 4.99 Å². The highest BCUT2D eigenvalue weighted by Crippen LogP contribution is 2.16. The molecule has 1 aliphatic heterocycles. The van der Waals surface area contributed by atoms with Crippen molar-refractivity contribution in [3.05, 3.63) is 78.2 Å². The van der Waals surface area contributed by atoms with E-state index in [1.807, 2.05) is 18.2 Å². The van der Waals surface area contributed by atoms with Crippen molar-refractivity contribution in [2.75, 3.05) is 13.4 Å². The molecule has 0 saturated heterocycles. The molecule has 0 fully saturated rings. The molecule has 0 spiro atoms. The van der Waals surface area contributed by atoms with Gasteiger partial charge in [-0.05, 0) is 29.8 Å². The van der Waals surface area contributed by atoms with Crippen LogP contribution in [0.1, 0.15) is 12.7 Å². The molecule has 0 bridgehead atoms. The SMILES string of the molecule is COC1=C(NCc2ccccn2)N=C(c2ccc(S(C)(=O)=O)cc2)[CH]N1.[HH]. The van der Waals surface area contributed by atoms with Crippen LogP contribution in [0.15, 0.2) is 70.3 Å². The van der Waals surface area contributed by atoms with E-state index in [-0.39, 0.29) is 6.32 Å². The maximum Gasteiger partial charge on any atom is 0.231 e. The Bertz CT molecular complexity index is 942. The normalized spacial score (nSPS) is 14.5. The molecule has 2 N–H and O–H groups in total. The van der Waals surface area contributed by atoms with Crippen LogP contribution in [0, 0.1) is 6.54 Å². The molecule has 0 amide bonds. The van der Waals surface area contributed by atoms with E-state index >= 15 is 0 Å². The minimum absolute atomic E-state index is 0. The van der Waals surface area contributed by atoms with Gasteiger partial charge < -0.3 is 15.4 Å². The lowest BCUT2D eigenvalue weighted by Crippen LogP contribution is -2.29. The number of hydrogen-bond acceptors (Lipinski definition) is 7. The Morgan fingerprint density at radius 3 is 2.58 bits per heavy atom. The first kappa shape index (κ1) is 17.9. The predicted molar refractivity (Wildman–Crippen MR) is 101 cm³/mol. The molecule has 3 rings (SSSR count). The zero-order valence-electron chi connectivity index (χ0n) is 14.4. The number of aromatic nitrogens is 1. The zero-order chi connectivity index (χ0) is 18.6. The van der Waals surface area contributed by atoms with Gasteiger partial charge in [-0.3, -0.25) is 4.98 Å². The van der Waals surface area contributed by atoms with Gasteiger partial charge in [0.2, 0.25) is 5.88 Å². The maximum atomic E-state index is 11.6. The summed E-state index contributed by atoms with van der Waals surface area (Å²) in [4.78, 5) is 9.11. The largest absolute Gasteiger partial charge is 0.480 e. The van der Waals surface area contributed by atoms with Crippen LogP contribution >= 0.6 is 0 Å². The number of nitrogens with zero attached hydrogens (tertiary/aromatic N) is 2. The van der Waals surface area contributed by atoms with E-state index in [2.05, 4.69) is 20.6 Å². The second-order valence-electron chi connectivity index (χ2n) is 5.64. The van der Waals surface area contributed by atoms with Gasteiger partial charge in [-0.15, -0.1) is 0 Å². The number of nitrogens with one attached hydrogen (secondary N) is 2. The molecule has 2 aromatic rings. The Morgan fingerprint density at radius 1 is 1.19 bits per heavy atom. The number of sulfone groups is 1. The average Bonchev–Trinajstić information content (AvgIpc) is 2.66. The minimum Gasteiger partial charge on any atom is -0.480 e. The summed E-state index contributed by atoms with van der Waals surface area (Å²) in [6, 6.07) is 12.3. The van der Waals surface area contributed by atoms with Crippen LogP contribution in [0.3, 0.4) is 0 Å². The van der Waals surface area contributed by atoms with Crippen LogP contribution in [0.2, 0.25) is 0 Å². The van der Waals surface area contributed by atoms with E-state index in [4.69, 9.17) is 4.74 Å². The molecule has 8 heteroatoms. The van der Waals surface area contributed by atoms with Crippen LogP contribution in [0.5, 0.6) is 0 Å². The third-order valence-electron chi connectivity index (χ3n) is 3.73. The van der Waals surface area contributed by atoms with Gasteiger partial charge in [0.1, 0.15) is 0 Å². The number of aliphatic imine (C=N–C) groups is 1. The molecule has 7 nitrogen and oxygen atoms in total. The first-order chi connectivity index (χ1) is 12.5. The number of methoxy groups -OCH3 is 1. The van der Waals surface area contributed by atoms with Gasteiger partial charge in [-0.25, -0.2) is 13.4 Å². The van der Waals surface area contributed by atoms with E-state index < -0.39 is 9.84 Å². The Balaban J connectivity index is 0.00000261. The molecule has 1 aromatic carbocycles. The summed E-state index contributed by atoms with van der Waals surface area (Å²) in [5, 5.41) is 6.25. The average molecular weight is 373 g/mol. The van der Waals surface area contributed by atoms with Crippen LogP contribution in [-0.4, -0.2) is 32.5 Å². The molecular weight excluding hydrogens is 352 g/mol. The Labute approximate surface area is 154 Å². The molecular formula is C18H21N4O3S. The van der Waals surface area contributed by atoms with Crippen molar-refractivity contribution in [1.82, 2.24) is 15.6 Å². The summed E-state index contributed by atoms with van der Waals surface area (Å²) < 4.78 is 28.5. The Kier molecular flexibility index (Phi) is 5.22. The van der Waals surface area contributed by atoms with Crippen molar-refractivity contribution in [3.63, 3.8) is 0 Å². The number of ether oxygens (including phenoxy) is 1. The maximum absolute atomic E-state index is 11.6. The van der Waals surface area contributed by atoms with Gasteiger partial charge in [-0.2, -0.15) is 0 Å². The van der Waals surface area contributed by atoms with E-state index in [0.29, 0.717) is 24.0 Å². The van der Waals surface area contributed by atoms with Crippen LogP contribution < -0.4 is 10.6 Å². The highest BCUT2D eigenvalue weighted by atomic mass is 32.2. The zero-order valence-corrected chi connectivity index (χ0v) is 15.2. The van der Waals surface area contributed by atoms with Crippen LogP contribution in [0.25, 0.3) is 0 Å². The molecule has 26 heavy (non-hydrogen) atoms. The number of rotatable bonds is 6. The van der Waals surface area contributed by atoms with Gasteiger partial charge in [-0.1, -0.05) is 18.2 Å². The summed E-state index contributed by atoms with van der Waals surface area (Å²) in [6.07, 6.45) is 2.91. The summed E-state index contributed by atoms with van der Waals surface area (Å²) in [6.45, 7) is 2.20. The lowest BCUT2D eigenvalue weighted by Gasteiger charge is -2.20. The van der Waals surface area contributed by atoms with E-state index in [1.165, 1.54) is 6.26 Å². The second-order valence-corrected chi connectivity index (χ2v) is 7.65. The van der Waals surface area contributed by atoms with Crippen molar-refractivity contribution >= 4 is 15.5 Å². The molecule has 1 aromatic heterocycles. The Hall–Kier alpha value is -2.87. The van der Waals surface area contributed by atoms with Gasteiger partial charge in [0.05, 0.1) is 36.5 Å². The molecule has 0 atom stereocenters. The summed E-state index contributed by atoms with van der Waals surface area (Å²) >= 11 is 0. The van der Waals surface area contributed by atoms with Crippen LogP contribution in [-0.2, 0) is 21.1 Å². The van der Waals surface area contributed by atoms with Gasteiger partial charge in [0.15, 0.2) is 15.7 Å². The molecule has 2 heterocycles. The smallest absolute Gasteiger partial charge is 0.231 e. The van der Waals surface area contributed by atoms with E-state index in [1.54, 1.807) is 44.1 Å². The predicted octanol–water partition coefficient (Wildman–Crippen LogP) is 1.85. The van der Waals surface area contributed by atoms with Crippen molar-refractivity contribution < 1.29 is 14.6 Å². The highest BCUT2D eigenvalue weighted by molar-refractivity contribution is 7.90. The standard InChI is InChI=1S/C18H19N4O3S.H2/c1-25-18-17(20-11-14-5-3-4-10-19-14)22-16(12-21-18)13-6-8-15(9-7-13)26(2,23)24;/h3-10,12,20-21H,11H2,1-2H3;1H. The van der Waals surface area contributed by atoms with Crippen LogP contribution in [0.4, 0.5) is 0 Å². The molecule has 0 aliphatic carbocycles. The van der Waals surface area contributed by atoms with Gasteiger partial charge in [0.25, 0.3) is 0 Å². The lowest BCUT2D eigenvalue weighted by molar-refractivity contribution is 0.259. The number of benzene rings is 1. The Morgan fingerprint density at radius 2 is 1.96 bits per heavy atom. The summed E-state index contributed by atoms with van der Waals surface area (Å²) in [5.41, 5.74) is 2.32. The second kappa shape index (κ2) is 7.57. The third-order valence-corrected chi connectivity index (χ3v) is 4.86.